The second-order valence-corrected chi connectivity index (χ2v) is 8.19. The molecule has 4 rings (SSSR count). The van der Waals surface area contributed by atoms with Crippen LogP contribution < -0.4 is 9.47 Å². The Hall–Kier alpha value is -3.87. The smallest absolute Gasteiger partial charge is 0.336 e. The number of hydrogen-bond acceptors (Lipinski definition) is 5. The lowest BCUT2D eigenvalue weighted by Crippen LogP contribution is -2.08. The predicted octanol–water partition coefficient (Wildman–Crippen LogP) is 5.33. The van der Waals surface area contributed by atoms with Gasteiger partial charge in [0.25, 0.3) is 0 Å². The Morgan fingerprint density at radius 1 is 1.00 bits per heavy atom. The van der Waals surface area contributed by atoms with Crippen molar-refractivity contribution < 1.29 is 19.4 Å². The van der Waals surface area contributed by atoms with Gasteiger partial charge in [-0.25, -0.2) is 14.8 Å². The van der Waals surface area contributed by atoms with E-state index in [1.54, 1.807) is 24.3 Å². The van der Waals surface area contributed by atoms with Crippen LogP contribution in [0.5, 0.6) is 11.5 Å². The number of hydrogen-bond donors (Lipinski definition) is 1. The summed E-state index contributed by atoms with van der Waals surface area (Å²) in [6, 6.07) is 14.7. The number of aryl methyl sites for hydroxylation is 3. The number of carbonyl (C=O) groups is 1. The Bertz CT molecular complexity index is 1340. The van der Waals surface area contributed by atoms with Gasteiger partial charge in [0.1, 0.15) is 17.9 Å². The molecule has 0 aliphatic carbocycles. The molecule has 4 aromatic rings. The van der Waals surface area contributed by atoms with E-state index in [1.807, 2.05) is 32.0 Å². The first-order valence-corrected chi connectivity index (χ1v) is 11.4. The SMILES string of the molecule is CCOc1cc(Cn2c(CC)nc3c(C)cc(C)nc32)ccc1OCc1ccccc1C(=O)O. The molecular weight excluding hydrogens is 430 g/mol. The third-order valence-corrected chi connectivity index (χ3v) is 5.70. The fourth-order valence-corrected chi connectivity index (χ4v) is 4.12. The molecule has 0 bridgehead atoms. The van der Waals surface area contributed by atoms with Crippen molar-refractivity contribution >= 4 is 17.1 Å². The Labute approximate surface area is 199 Å². The molecule has 2 heterocycles. The highest BCUT2D eigenvalue weighted by molar-refractivity contribution is 5.89. The minimum absolute atomic E-state index is 0.135. The first-order chi connectivity index (χ1) is 16.4. The normalized spacial score (nSPS) is 11.1. The van der Waals surface area contributed by atoms with Crippen molar-refractivity contribution in [3.05, 3.63) is 82.3 Å². The van der Waals surface area contributed by atoms with Gasteiger partial charge in [0.05, 0.1) is 18.7 Å². The zero-order chi connectivity index (χ0) is 24.2. The number of carboxylic acids is 1. The molecule has 2 aromatic carbocycles. The molecule has 0 spiro atoms. The van der Waals surface area contributed by atoms with Crippen LogP contribution in [0.15, 0.2) is 48.5 Å². The minimum atomic E-state index is -0.974. The average Bonchev–Trinajstić information content (AvgIpc) is 3.16. The Kier molecular flexibility index (Phi) is 6.82. The molecule has 0 atom stereocenters. The number of imidazole rings is 1. The largest absolute Gasteiger partial charge is 0.490 e. The van der Waals surface area contributed by atoms with Crippen LogP contribution in [0.3, 0.4) is 0 Å². The summed E-state index contributed by atoms with van der Waals surface area (Å²) in [5.74, 6) is 1.20. The molecule has 0 fully saturated rings. The third kappa shape index (κ3) is 4.73. The van der Waals surface area contributed by atoms with E-state index in [4.69, 9.17) is 19.4 Å². The molecule has 0 unspecified atom stereocenters. The van der Waals surface area contributed by atoms with Crippen LogP contribution in [0.25, 0.3) is 11.2 Å². The number of aromatic nitrogens is 3. The zero-order valence-corrected chi connectivity index (χ0v) is 20.0. The third-order valence-electron chi connectivity index (χ3n) is 5.70. The van der Waals surface area contributed by atoms with Crippen molar-refractivity contribution in [3.63, 3.8) is 0 Å². The molecule has 7 heteroatoms. The van der Waals surface area contributed by atoms with Gasteiger partial charge in [0, 0.05) is 17.7 Å². The van der Waals surface area contributed by atoms with Crippen molar-refractivity contribution in [2.45, 2.75) is 47.3 Å². The van der Waals surface area contributed by atoms with Gasteiger partial charge in [-0.05, 0) is 56.2 Å². The van der Waals surface area contributed by atoms with E-state index >= 15 is 0 Å². The highest BCUT2D eigenvalue weighted by Crippen LogP contribution is 2.31. The first-order valence-electron chi connectivity index (χ1n) is 11.4. The topological polar surface area (TPSA) is 86.5 Å². The van der Waals surface area contributed by atoms with Crippen LogP contribution >= 0.6 is 0 Å². The van der Waals surface area contributed by atoms with Crippen molar-refractivity contribution in [1.29, 1.82) is 0 Å². The van der Waals surface area contributed by atoms with Crippen LogP contribution in [0.2, 0.25) is 0 Å². The summed E-state index contributed by atoms with van der Waals surface area (Å²) in [5.41, 5.74) is 5.79. The number of carboxylic acid groups (broad SMARTS) is 1. The van der Waals surface area contributed by atoms with Crippen LogP contribution in [0.1, 0.15) is 52.4 Å². The zero-order valence-electron chi connectivity index (χ0n) is 20.0. The first kappa shape index (κ1) is 23.3. The number of rotatable bonds is 9. The maximum atomic E-state index is 11.5. The molecule has 176 valence electrons. The van der Waals surface area contributed by atoms with E-state index in [2.05, 4.69) is 24.5 Å². The van der Waals surface area contributed by atoms with E-state index in [1.165, 1.54) is 0 Å². The Morgan fingerprint density at radius 3 is 2.53 bits per heavy atom. The monoisotopic (exact) mass is 459 g/mol. The maximum Gasteiger partial charge on any atom is 0.336 e. The highest BCUT2D eigenvalue weighted by atomic mass is 16.5. The minimum Gasteiger partial charge on any atom is -0.490 e. The number of benzene rings is 2. The second kappa shape index (κ2) is 9.95. The number of fused-ring (bicyclic) bond motifs is 1. The van der Waals surface area contributed by atoms with Gasteiger partial charge in [0.15, 0.2) is 17.1 Å². The number of nitrogens with zero attached hydrogens (tertiary/aromatic N) is 3. The van der Waals surface area contributed by atoms with Gasteiger partial charge in [-0.2, -0.15) is 0 Å². The Morgan fingerprint density at radius 2 is 1.79 bits per heavy atom. The van der Waals surface area contributed by atoms with Gasteiger partial charge in [-0.3, -0.25) is 0 Å². The van der Waals surface area contributed by atoms with Gasteiger partial charge in [0.2, 0.25) is 0 Å². The van der Waals surface area contributed by atoms with E-state index < -0.39 is 5.97 Å². The Balaban J connectivity index is 1.63. The van der Waals surface area contributed by atoms with Crippen LogP contribution in [-0.2, 0) is 19.6 Å². The summed E-state index contributed by atoms with van der Waals surface area (Å²) >= 11 is 0. The molecule has 34 heavy (non-hydrogen) atoms. The molecule has 0 aliphatic rings. The van der Waals surface area contributed by atoms with Crippen molar-refractivity contribution in [3.8, 4) is 11.5 Å². The second-order valence-electron chi connectivity index (χ2n) is 8.19. The highest BCUT2D eigenvalue weighted by Gasteiger charge is 2.16. The molecular formula is C27H29N3O4. The molecule has 0 saturated heterocycles. The summed E-state index contributed by atoms with van der Waals surface area (Å²) in [6.07, 6.45) is 0.803. The average molecular weight is 460 g/mol. The van der Waals surface area contributed by atoms with Crippen LogP contribution in [0, 0.1) is 13.8 Å². The lowest BCUT2D eigenvalue weighted by molar-refractivity contribution is 0.0694. The number of aromatic carboxylic acids is 1. The molecule has 0 saturated carbocycles. The molecule has 0 aliphatic heterocycles. The number of ether oxygens (including phenoxy) is 2. The van der Waals surface area contributed by atoms with Crippen LogP contribution in [-0.4, -0.2) is 32.2 Å². The molecule has 0 amide bonds. The standard InChI is InChI=1S/C27H29N3O4/c1-5-24-29-25-17(3)13-18(4)28-26(25)30(24)15-19-11-12-22(23(14-19)33-6-2)34-16-20-9-7-8-10-21(20)27(31)32/h7-14H,5-6,15-16H2,1-4H3,(H,31,32). The molecule has 0 radical (unpaired) electrons. The molecule has 1 N–H and O–H groups in total. The fraction of sp³-hybridized carbons (Fsp3) is 0.296. The van der Waals surface area contributed by atoms with Crippen molar-refractivity contribution in [2.75, 3.05) is 6.61 Å². The van der Waals surface area contributed by atoms with Gasteiger partial charge in [-0.1, -0.05) is 31.2 Å². The molecule has 2 aromatic heterocycles. The van der Waals surface area contributed by atoms with Crippen molar-refractivity contribution in [1.82, 2.24) is 14.5 Å². The van der Waals surface area contributed by atoms with Gasteiger partial charge >= 0.3 is 5.97 Å². The van der Waals surface area contributed by atoms with E-state index in [-0.39, 0.29) is 12.2 Å². The molecule has 7 nitrogen and oxygen atoms in total. The quantitative estimate of drug-likeness (QED) is 0.364. The summed E-state index contributed by atoms with van der Waals surface area (Å²) < 4.78 is 14.0. The lowest BCUT2D eigenvalue weighted by atomic mass is 10.1. The van der Waals surface area contributed by atoms with Crippen molar-refractivity contribution in [2.24, 2.45) is 0 Å². The van der Waals surface area contributed by atoms with E-state index in [0.29, 0.717) is 30.2 Å². The fourth-order valence-electron chi connectivity index (χ4n) is 4.12. The lowest BCUT2D eigenvalue weighted by Gasteiger charge is -2.15. The van der Waals surface area contributed by atoms with E-state index in [9.17, 15) is 9.90 Å². The van der Waals surface area contributed by atoms with Gasteiger partial charge < -0.3 is 19.1 Å². The summed E-state index contributed by atoms with van der Waals surface area (Å²) in [5, 5.41) is 9.42. The van der Waals surface area contributed by atoms with Crippen LogP contribution in [0.4, 0.5) is 0 Å². The van der Waals surface area contributed by atoms with E-state index in [0.717, 1.165) is 40.2 Å². The maximum absolute atomic E-state index is 11.5. The predicted molar refractivity (Wildman–Crippen MR) is 131 cm³/mol. The summed E-state index contributed by atoms with van der Waals surface area (Å²) in [7, 11) is 0. The summed E-state index contributed by atoms with van der Waals surface area (Å²) in [4.78, 5) is 21.1. The number of pyridine rings is 1. The summed E-state index contributed by atoms with van der Waals surface area (Å²) in [6.45, 7) is 9.31. The van der Waals surface area contributed by atoms with Gasteiger partial charge in [-0.15, -0.1) is 0 Å².